The minimum Gasteiger partial charge on any atom is -0.393 e. The van der Waals surface area contributed by atoms with Gasteiger partial charge in [0, 0.05) is 18.4 Å². The first-order valence-electron chi connectivity index (χ1n) is 8.94. The maximum absolute atomic E-state index is 12.2. The molecule has 1 aliphatic carbocycles. The first-order valence-corrected chi connectivity index (χ1v) is 8.94. The molecule has 134 valence electrons. The molecule has 1 amide bonds. The van der Waals surface area contributed by atoms with E-state index in [1.807, 2.05) is 18.2 Å². The fourth-order valence-electron chi connectivity index (χ4n) is 3.38. The average molecular weight is 351 g/mol. The van der Waals surface area contributed by atoms with Crippen LogP contribution in [0.4, 0.5) is 0 Å². The van der Waals surface area contributed by atoms with Crippen LogP contribution in [0.2, 0.25) is 0 Å². The molecule has 1 aromatic heterocycles. The molecule has 1 fully saturated rings. The second-order valence-corrected chi connectivity index (χ2v) is 6.75. The third kappa shape index (κ3) is 3.72. The second kappa shape index (κ2) is 7.21. The molecule has 4 rings (SSSR count). The number of nitrogens with zero attached hydrogens (tertiary/aromatic N) is 3. The van der Waals surface area contributed by atoms with Gasteiger partial charge in [-0.25, -0.2) is 4.99 Å². The van der Waals surface area contributed by atoms with E-state index < -0.39 is 0 Å². The molecule has 7 heteroatoms. The number of aliphatic hydroxyl groups is 1. The van der Waals surface area contributed by atoms with Crippen molar-refractivity contribution in [3.8, 4) is 0 Å². The van der Waals surface area contributed by atoms with Gasteiger partial charge in [0.15, 0.2) is 0 Å². The number of guanidine groups is 1. The lowest BCUT2D eigenvalue weighted by Crippen LogP contribution is -2.42. The Morgan fingerprint density at radius 1 is 1.12 bits per heavy atom. The number of hydrogen-bond acceptors (Lipinski definition) is 6. The molecule has 1 aliphatic heterocycles. The zero-order valence-electron chi connectivity index (χ0n) is 14.4. The second-order valence-electron chi connectivity index (χ2n) is 6.75. The number of fused-ring (bicyclic) bond motifs is 1. The van der Waals surface area contributed by atoms with E-state index in [-0.39, 0.29) is 18.1 Å². The first kappa shape index (κ1) is 16.7. The number of aromatic nitrogens is 2. The molecule has 0 bridgehead atoms. The van der Waals surface area contributed by atoms with Crippen molar-refractivity contribution in [1.29, 1.82) is 0 Å². The summed E-state index contributed by atoms with van der Waals surface area (Å²) in [6.45, 7) is 0. The Hall–Kier alpha value is -2.80. The maximum atomic E-state index is 12.2. The van der Waals surface area contributed by atoms with Gasteiger partial charge >= 0.3 is 0 Å². The van der Waals surface area contributed by atoms with Gasteiger partial charge in [0.2, 0.25) is 5.96 Å². The smallest absolute Gasteiger partial charge is 0.276 e. The minimum atomic E-state index is -0.222. The van der Waals surface area contributed by atoms with Crippen molar-refractivity contribution in [3.05, 3.63) is 41.9 Å². The molecule has 1 saturated carbocycles. The lowest BCUT2D eigenvalue weighted by atomic mass is 10.1. The monoisotopic (exact) mass is 351 g/mol. The van der Waals surface area contributed by atoms with Crippen LogP contribution in [0.1, 0.15) is 37.7 Å². The largest absolute Gasteiger partial charge is 0.393 e. The number of benzene rings is 1. The van der Waals surface area contributed by atoms with E-state index in [4.69, 9.17) is 0 Å². The normalized spacial score (nSPS) is 25.0. The van der Waals surface area contributed by atoms with Crippen LogP contribution >= 0.6 is 0 Å². The number of nitrogens with one attached hydrogen (secondary N) is 2. The van der Waals surface area contributed by atoms with E-state index in [0.717, 1.165) is 48.7 Å². The molecule has 2 unspecified atom stereocenters. The van der Waals surface area contributed by atoms with Crippen molar-refractivity contribution in [3.63, 3.8) is 0 Å². The van der Waals surface area contributed by atoms with Gasteiger partial charge in [-0.2, -0.15) is 0 Å². The summed E-state index contributed by atoms with van der Waals surface area (Å²) in [7, 11) is 0. The molecule has 1 aromatic carbocycles. The highest BCUT2D eigenvalue weighted by molar-refractivity contribution is 6.13. The maximum Gasteiger partial charge on any atom is 0.276 e. The van der Waals surface area contributed by atoms with Crippen LogP contribution in [0.15, 0.2) is 41.3 Å². The molecule has 2 heterocycles. The lowest BCUT2D eigenvalue weighted by molar-refractivity contribution is -0.115. The van der Waals surface area contributed by atoms with E-state index in [0.29, 0.717) is 11.7 Å². The van der Waals surface area contributed by atoms with Crippen LogP contribution < -0.4 is 10.6 Å². The minimum absolute atomic E-state index is 0.214. The van der Waals surface area contributed by atoms with Gasteiger partial charge < -0.3 is 10.4 Å². The number of aliphatic imine (C=N–C) groups is 1. The number of aliphatic hydroxyl groups excluding tert-OH is 1. The lowest BCUT2D eigenvalue weighted by Gasteiger charge is -2.16. The van der Waals surface area contributed by atoms with E-state index in [1.165, 1.54) is 0 Å². The fourth-order valence-corrected chi connectivity index (χ4v) is 3.38. The van der Waals surface area contributed by atoms with Crippen LogP contribution in [0.3, 0.4) is 0 Å². The number of hydrogen-bond donors (Lipinski definition) is 3. The molecule has 3 N–H and O–H groups in total. The molecule has 0 radical (unpaired) electrons. The number of amides is 1. The van der Waals surface area contributed by atoms with Gasteiger partial charge in [-0.15, -0.1) is 0 Å². The average Bonchev–Trinajstić information content (AvgIpc) is 2.84. The van der Waals surface area contributed by atoms with Gasteiger partial charge in [-0.1, -0.05) is 6.07 Å². The summed E-state index contributed by atoms with van der Waals surface area (Å²) in [5.74, 6) is 0.267. The Morgan fingerprint density at radius 3 is 2.85 bits per heavy atom. The van der Waals surface area contributed by atoms with Crippen LogP contribution in [0.5, 0.6) is 0 Å². The van der Waals surface area contributed by atoms with Gasteiger partial charge in [-0.3, -0.25) is 20.1 Å². The third-order valence-corrected chi connectivity index (χ3v) is 4.77. The first-order chi connectivity index (χ1) is 12.7. The van der Waals surface area contributed by atoms with E-state index >= 15 is 0 Å². The van der Waals surface area contributed by atoms with Gasteiger partial charge in [0.05, 0.1) is 17.1 Å². The van der Waals surface area contributed by atoms with Crippen molar-refractivity contribution in [2.24, 2.45) is 4.99 Å². The zero-order valence-corrected chi connectivity index (χ0v) is 14.4. The van der Waals surface area contributed by atoms with Crippen molar-refractivity contribution in [1.82, 2.24) is 20.6 Å². The Bertz CT molecular complexity index is 892. The molecular formula is C19H21N5O2. The quantitative estimate of drug-likeness (QED) is 0.565. The molecule has 2 aliphatic rings. The Labute approximate surface area is 151 Å². The van der Waals surface area contributed by atoms with E-state index in [1.54, 1.807) is 18.5 Å². The van der Waals surface area contributed by atoms with Crippen LogP contribution in [0, 0.1) is 0 Å². The standard InChI is InChI=1S/C19H21N5O2/c25-14-3-1-2-13(5-6-14)22-19-23-17(18(26)24-19)11-12-4-7-15-16(10-12)21-9-8-20-15/h4,7-11,13-14,25H,1-3,5-6H2,(H2,22,23,24,26)/b17-11-. The summed E-state index contributed by atoms with van der Waals surface area (Å²) < 4.78 is 0. The van der Waals surface area contributed by atoms with Crippen molar-refractivity contribution in [2.45, 2.75) is 44.2 Å². The summed E-state index contributed by atoms with van der Waals surface area (Å²) in [5.41, 5.74) is 2.81. The Morgan fingerprint density at radius 2 is 1.96 bits per heavy atom. The number of rotatable bonds is 2. The zero-order chi connectivity index (χ0) is 17.9. The summed E-state index contributed by atoms with van der Waals surface area (Å²) in [4.78, 5) is 25.1. The Kier molecular flexibility index (Phi) is 4.62. The van der Waals surface area contributed by atoms with Gasteiger partial charge in [0.1, 0.15) is 5.70 Å². The van der Waals surface area contributed by atoms with Crippen LogP contribution in [0.25, 0.3) is 17.1 Å². The van der Waals surface area contributed by atoms with E-state index in [2.05, 4.69) is 25.6 Å². The molecule has 26 heavy (non-hydrogen) atoms. The summed E-state index contributed by atoms with van der Waals surface area (Å²) in [5, 5.41) is 15.8. The molecule has 0 spiro atoms. The van der Waals surface area contributed by atoms with E-state index in [9.17, 15) is 9.90 Å². The fraction of sp³-hybridized carbons (Fsp3) is 0.368. The summed E-state index contributed by atoms with van der Waals surface area (Å²) in [6, 6.07) is 5.88. The van der Waals surface area contributed by atoms with Crippen LogP contribution in [-0.2, 0) is 4.79 Å². The predicted molar refractivity (Wildman–Crippen MR) is 99.1 cm³/mol. The van der Waals surface area contributed by atoms with Gasteiger partial charge in [-0.05, 0) is 55.9 Å². The molecule has 2 atom stereocenters. The van der Waals surface area contributed by atoms with Crippen LogP contribution in [-0.4, -0.2) is 39.1 Å². The predicted octanol–water partition coefficient (Wildman–Crippen LogP) is 1.74. The van der Waals surface area contributed by atoms with Gasteiger partial charge in [0.25, 0.3) is 5.91 Å². The summed E-state index contributed by atoms with van der Waals surface area (Å²) in [6.07, 6.45) is 9.26. The molecule has 0 saturated heterocycles. The summed E-state index contributed by atoms with van der Waals surface area (Å²) >= 11 is 0. The topological polar surface area (TPSA) is 99.5 Å². The van der Waals surface area contributed by atoms with Crippen molar-refractivity contribution >= 4 is 29.0 Å². The van der Waals surface area contributed by atoms with Crippen molar-refractivity contribution in [2.75, 3.05) is 0 Å². The number of carbonyl (C=O) groups excluding carboxylic acids is 1. The molecule has 2 aromatic rings. The highest BCUT2D eigenvalue weighted by Crippen LogP contribution is 2.19. The SMILES string of the molecule is O=C1NC(NC2CCCC(O)CC2)=N/C1=C\c1ccc2nccnc2c1. The highest BCUT2D eigenvalue weighted by atomic mass is 16.3. The number of carbonyl (C=O) groups is 1. The third-order valence-electron chi connectivity index (χ3n) is 4.77. The highest BCUT2D eigenvalue weighted by Gasteiger charge is 2.24. The Balaban J connectivity index is 1.50. The van der Waals surface area contributed by atoms with Crippen molar-refractivity contribution < 1.29 is 9.90 Å². The molecular weight excluding hydrogens is 330 g/mol. The molecule has 7 nitrogen and oxygen atoms in total.